The summed E-state index contributed by atoms with van der Waals surface area (Å²) in [5.41, 5.74) is 1.26. The third-order valence-electron chi connectivity index (χ3n) is 3.98. The summed E-state index contributed by atoms with van der Waals surface area (Å²) in [7, 11) is 3.34. The predicted octanol–water partition coefficient (Wildman–Crippen LogP) is 4.36. The van der Waals surface area contributed by atoms with E-state index in [0.717, 1.165) is 37.4 Å². The highest BCUT2D eigenvalue weighted by Crippen LogP contribution is 2.29. The maximum absolute atomic E-state index is 5.79. The lowest BCUT2D eigenvalue weighted by Gasteiger charge is -2.23. The van der Waals surface area contributed by atoms with Gasteiger partial charge in [0.25, 0.3) is 0 Å². The zero-order valence-electron chi connectivity index (χ0n) is 12.9. The van der Waals surface area contributed by atoms with Crippen molar-refractivity contribution in [2.24, 2.45) is 0 Å². The number of hydrogen-bond acceptors (Lipinski definition) is 3. The van der Waals surface area contributed by atoms with Crippen molar-refractivity contribution >= 4 is 15.9 Å². The van der Waals surface area contributed by atoms with Crippen molar-refractivity contribution < 1.29 is 14.2 Å². The Morgan fingerprint density at radius 2 is 2.05 bits per heavy atom. The van der Waals surface area contributed by atoms with E-state index >= 15 is 0 Å². The second-order valence-corrected chi connectivity index (χ2v) is 6.85. The van der Waals surface area contributed by atoms with Crippen LogP contribution in [0.4, 0.5) is 0 Å². The Kier molecular flexibility index (Phi) is 6.84. The largest absolute Gasteiger partial charge is 0.493 e. The van der Waals surface area contributed by atoms with Crippen LogP contribution in [0, 0.1) is 0 Å². The fourth-order valence-electron chi connectivity index (χ4n) is 2.77. The van der Waals surface area contributed by atoms with Gasteiger partial charge < -0.3 is 14.2 Å². The smallest absolute Gasteiger partial charge is 0.160 e. The predicted molar refractivity (Wildman–Crippen MR) is 88.8 cm³/mol. The Balaban J connectivity index is 1.82. The van der Waals surface area contributed by atoms with Gasteiger partial charge in [-0.15, -0.1) is 0 Å². The topological polar surface area (TPSA) is 27.7 Å². The van der Waals surface area contributed by atoms with Gasteiger partial charge in [-0.3, -0.25) is 0 Å². The number of hydrogen-bond donors (Lipinski definition) is 0. The minimum absolute atomic E-state index is 0.462. The van der Waals surface area contributed by atoms with Crippen molar-refractivity contribution in [1.82, 2.24) is 0 Å². The molecule has 1 aliphatic rings. The molecule has 0 radical (unpaired) electrons. The summed E-state index contributed by atoms with van der Waals surface area (Å²) < 4.78 is 16.4. The van der Waals surface area contributed by atoms with E-state index in [-0.39, 0.29) is 0 Å². The van der Waals surface area contributed by atoms with Gasteiger partial charge in [-0.25, -0.2) is 0 Å². The fourth-order valence-corrected chi connectivity index (χ4v) is 3.41. The first kappa shape index (κ1) is 16.6. The first-order valence-electron chi connectivity index (χ1n) is 7.69. The summed E-state index contributed by atoms with van der Waals surface area (Å²) in [6.45, 7) is 0.938. The molecule has 118 valence electrons. The number of methoxy groups -OCH3 is 2. The molecule has 0 N–H and O–H groups in total. The van der Waals surface area contributed by atoms with Crippen molar-refractivity contribution in [3.8, 4) is 11.5 Å². The average Bonchev–Trinajstić information content (AvgIpc) is 2.53. The Morgan fingerprint density at radius 1 is 1.24 bits per heavy atom. The Labute approximate surface area is 136 Å². The minimum Gasteiger partial charge on any atom is -0.493 e. The van der Waals surface area contributed by atoms with Crippen LogP contribution >= 0.6 is 15.9 Å². The zero-order valence-corrected chi connectivity index (χ0v) is 14.5. The molecule has 1 saturated heterocycles. The molecule has 2 unspecified atom stereocenters. The van der Waals surface area contributed by atoms with Crippen molar-refractivity contribution in [1.29, 1.82) is 0 Å². The zero-order chi connectivity index (χ0) is 15.1. The maximum atomic E-state index is 5.79. The summed E-state index contributed by atoms with van der Waals surface area (Å²) in [5, 5.41) is 0. The second-order valence-electron chi connectivity index (χ2n) is 5.56. The van der Waals surface area contributed by atoms with Crippen molar-refractivity contribution in [2.45, 2.75) is 49.5 Å². The van der Waals surface area contributed by atoms with Gasteiger partial charge in [-0.2, -0.15) is 0 Å². The molecule has 2 rings (SSSR count). The van der Waals surface area contributed by atoms with Crippen LogP contribution in [0.25, 0.3) is 0 Å². The molecule has 0 bridgehead atoms. The quantitative estimate of drug-likeness (QED) is 0.679. The van der Waals surface area contributed by atoms with Crippen LogP contribution < -0.4 is 9.47 Å². The fraction of sp³-hybridized carbons (Fsp3) is 0.647. The highest BCUT2D eigenvalue weighted by molar-refractivity contribution is 9.09. The van der Waals surface area contributed by atoms with E-state index < -0.39 is 0 Å². The Morgan fingerprint density at radius 3 is 2.71 bits per heavy atom. The standard InChI is InChI=1S/C17H25BrO3/c1-19-16-9-6-13(12-17(16)20-2)11-14(18)7-8-15-5-3-4-10-21-15/h6,9,12,14-15H,3-5,7-8,10-11H2,1-2H3. The molecule has 4 heteroatoms. The van der Waals surface area contributed by atoms with Crippen LogP contribution in [-0.2, 0) is 11.2 Å². The van der Waals surface area contributed by atoms with Gasteiger partial charge in [-0.1, -0.05) is 22.0 Å². The van der Waals surface area contributed by atoms with Crippen LogP contribution in [0.3, 0.4) is 0 Å². The monoisotopic (exact) mass is 356 g/mol. The third-order valence-corrected chi connectivity index (χ3v) is 4.76. The number of benzene rings is 1. The van der Waals surface area contributed by atoms with Crippen molar-refractivity contribution in [2.75, 3.05) is 20.8 Å². The number of halogens is 1. The first-order valence-corrected chi connectivity index (χ1v) is 8.61. The van der Waals surface area contributed by atoms with Crippen molar-refractivity contribution in [3.63, 3.8) is 0 Å². The summed E-state index contributed by atoms with van der Waals surface area (Å²) in [5.74, 6) is 1.58. The lowest BCUT2D eigenvalue weighted by atomic mass is 10.0. The SMILES string of the molecule is COc1ccc(CC(Br)CCC2CCCCO2)cc1OC. The van der Waals surface area contributed by atoms with Crippen LogP contribution in [0.1, 0.15) is 37.7 Å². The van der Waals surface area contributed by atoms with E-state index in [1.165, 1.54) is 24.8 Å². The summed E-state index contributed by atoms with van der Waals surface area (Å²) in [4.78, 5) is 0.473. The number of alkyl halides is 1. The van der Waals surface area contributed by atoms with Gasteiger partial charge in [0.2, 0.25) is 0 Å². The Hall–Kier alpha value is -0.740. The molecule has 1 aliphatic heterocycles. The molecule has 1 fully saturated rings. The van der Waals surface area contributed by atoms with E-state index in [9.17, 15) is 0 Å². The van der Waals surface area contributed by atoms with Crippen LogP contribution in [-0.4, -0.2) is 31.8 Å². The van der Waals surface area contributed by atoms with Gasteiger partial charge in [0.05, 0.1) is 20.3 Å². The van der Waals surface area contributed by atoms with E-state index in [1.54, 1.807) is 14.2 Å². The van der Waals surface area contributed by atoms with Crippen LogP contribution in [0.15, 0.2) is 18.2 Å². The normalized spacial score (nSPS) is 20.0. The molecular formula is C17H25BrO3. The highest BCUT2D eigenvalue weighted by atomic mass is 79.9. The molecule has 1 heterocycles. The number of ether oxygens (including phenoxy) is 3. The van der Waals surface area contributed by atoms with Gasteiger partial charge in [0.15, 0.2) is 11.5 Å². The Bertz CT molecular complexity index is 430. The third kappa shape index (κ3) is 5.19. The maximum Gasteiger partial charge on any atom is 0.160 e. The van der Waals surface area contributed by atoms with Gasteiger partial charge in [-0.05, 0) is 56.2 Å². The molecule has 1 aromatic rings. The summed E-state index contributed by atoms with van der Waals surface area (Å²) in [6, 6.07) is 6.13. The van der Waals surface area contributed by atoms with Gasteiger partial charge >= 0.3 is 0 Å². The lowest BCUT2D eigenvalue weighted by molar-refractivity contribution is 0.0102. The second kappa shape index (κ2) is 8.64. The van der Waals surface area contributed by atoms with E-state index in [0.29, 0.717) is 10.9 Å². The minimum atomic E-state index is 0.462. The molecule has 0 aromatic heterocycles. The summed E-state index contributed by atoms with van der Waals surface area (Å²) in [6.07, 6.45) is 7.49. The number of rotatable bonds is 7. The summed E-state index contributed by atoms with van der Waals surface area (Å²) >= 11 is 3.80. The molecule has 21 heavy (non-hydrogen) atoms. The molecule has 1 aromatic carbocycles. The molecule has 0 amide bonds. The molecule has 0 spiro atoms. The molecule has 3 nitrogen and oxygen atoms in total. The molecule has 0 saturated carbocycles. The molecular weight excluding hydrogens is 332 g/mol. The van der Waals surface area contributed by atoms with Crippen molar-refractivity contribution in [3.05, 3.63) is 23.8 Å². The molecule has 2 atom stereocenters. The lowest BCUT2D eigenvalue weighted by Crippen LogP contribution is -2.20. The van der Waals surface area contributed by atoms with Gasteiger partial charge in [0, 0.05) is 11.4 Å². The van der Waals surface area contributed by atoms with E-state index in [4.69, 9.17) is 14.2 Å². The first-order chi connectivity index (χ1) is 10.2. The van der Waals surface area contributed by atoms with Crippen LogP contribution in [0.2, 0.25) is 0 Å². The van der Waals surface area contributed by atoms with Gasteiger partial charge in [0.1, 0.15) is 0 Å². The van der Waals surface area contributed by atoms with E-state index in [1.807, 2.05) is 6.07 Å². The average molecular weight is 357 g/mol. The molecule has 0 aliphatic carbocycles. The highest BCUT2D eigenvalue weighted by Gasteiger charge is 2.16. The van der Waals surface area contributed by atoms with E-state index in [2.05, 4.69) is 28.1 Å². The van der Waals surface area contributed by atoms with Crippen LogP contribution in [0.5, 0.6) is 11.5 Å².